The van der Waals surface area contributed by atoms with Gasteiger partial charge in [0.15, 0.2) is 5.82 Å². The molecule has 5 heteroatoms. The Kier molecular flexibility index (Phi) is 4.26. The minimum atomic E-state index is 0.639. The third kappa shape index (κ3) is 3.43. The average Bonchev–Trinajstić information content (AvgIpc) is 2.62. The lowest BCUT2D eigenvalue weighted by Crippen LogP contribution is -1.99. The van der Waals surface area contributed by atoms with Crippen molar-refractivity contribution in [3.05, 3.63) is 82.8 Å². The van der Waals surface area contributed by atoms with Crippen LogP contribution in [0, 0.1) is 0 Å². The van der Waals surface area contributed by atoms with E-state index >= 15 is 0 Å². The van der Waals surface area contributed by atoms with Crippen molar-refractivity contribution in [3.63, 3.8) is 0 Å². The van der Waals surface area contributed by atoms with Crippen molar-refractivity contribution in [2.24, 2.45) is 0 Å². The Balaban J connectivity index is 1.85. The maximum Gasteiger partial charge on any atom is 0.162 e. The number of halogens is 2. The molecule has 0 aliphatic heterocycles. The van der Waals surface area contributed by atoms with Crippen LogP contribution in [0.15, 0.2) is 72.8 Å². The summed E-state index contributed by atoms with van der Waals surface area (Å²) >= 11 is 12.1. The van der Waals surface area contributed by atoms with Crippen molar-refractivity contribution in [2.75, 3.05) is 5.32 Å². The number of anilines is 2. The van der Waals surface area contributed by atoms with Crippen LogP contribution in [0.1, 0.15) is 0 Å². The largest absolute Gasteiger partial charge is 0.340 e. The number of para-hydroxylation sites is 1. The van der Waals surface area contributed by atoms with E-state index < -0.39 is 0 Å². The van der Waals surface area contributed by atoms with Crippen molar-refractivity contribution < 1.29 is 0 Å². The lowest BCUT2D eigenvalue weighted by molar-refractivity contribution is 1.22. The van der Waals surface area contributed by atoms with E-state index in [0.29, 0.717) is 15.9 Å². The zero-order valence-corrected chi connectivity index (χ0v) is 14.6. The number of rotatable bonds is 3. The van der Waals surface area contributed by atoms with Crippen LogP contribution >= 0.6 is 23.2 Å². The minimum Gasteiger partial charge on any atom is -0.340 e. The topological polar surface area (TPSA) is 37.8 Å². The molecule has 0 unspecified atom stereocenters. The number of benzene rings is 3. The molecule has 0 aliphatic carbocycles. The first-order valence-corrected chi connectivity index (χ1v) is 8.50. The molecule has 0 atom stereocenters. The van der Waals surface area contributed by atoms with Gasteiger partial charge in [0.1, 0.15) is 5.82 Å². The van der Waals surface area contributed by atoms with E-state index in [9.17, 15) is 0 Å². The summed E-state index contributed by atoms with van der Waals surface area (Å²) in [4.78, 5) is 9.39. The Morgan fingerprint density at radius 3 is 2.32 bits per heavy atom. The highest BCUT2D eigenvalue weighted by atomic mass is 35.5. The lowest BCUT2D eigenvalue weighted by Gasteiger charge is -2.11. The van der Waals surface area contributed by atoms with E-state index in [1.807, 2.05) is 72.8 Å². The van der Waals surface area contributed by atoms with Crippen LogP contribution in [0.2, 0.25) is 10.0 Å². The molecule has 0 radical (unpaired) electrons. The fourth-order valence-corrected chi connectivity index (χ4v) is 2.92. The van der Waals surface area contributed by atoms with Gasteiger partial charge in [-0.15, -0.1) is 0 Å². The quantitative estimate of drug-likeness (QED) is 0.459. The van der Waals surface area contributed by atoms with Gasteiger partial charge in [0.05, 0.1) is 5.52 Å². The average molecular weight is 366 g/mol. The smallest absolute Gasteiger partial charge is 0.162 e. The molecule has 3 nitrogen and oxygen atoms in total. The molecule has 1 aromatic heterocycles. The maximum atomic E-state index is 6.09. The Labute approximate surface area is 155 Å². The minimum absolute atomic E-state index is 0.639. The van der Waals surface area contributed by atoms with E-state index in [-0.39, 0.29) is 0 Å². The number of hydrogen-bond acceptors (Lipinski definition) is 3. The van der Waals surface area contributed by atoms with Gasteiger partial charge in [0.25, 0.3) is 0 Å². The molecule has 3 aromatic carbocycles. The van der Waals surface area contributed by atoms with Crippen LogP contribution in [-0.2, 0) is 0 Å². The standard InChI is InChI=1S/C20H13Cl2N3/c21-14-10-8-13(9-11-14)19-24-18-7-2-1-6-17(18)20(25-19)23-16-5-3-4-15(22)12-16/h1-12H,(H,23,24,25). The first kappa shape index (κ1) is 15.9. The summed E-state index contributed by atoms with van der Waals surface area (Å²) in [7, 11) is 0. The van der Waals surface area contributed by atoms with Crippen LogP contribution in [0.25, 0.3) is 22.3 Å². The SMILES string of the molecule is Clc1ccc(-c2nc(Nc3cccc(Cl)c3)c3ccccc3n2)cc1. The summed E-state index contributed by atoms with van der Waals surface area (Å²) in [6.07, 6.45) is 0. The molecule has 0 saturated carbocycles. The summed E-state index contributed by atoms with van der Waals surface area (Å²) in [6, 6.07) is 22.9. The summed E-state index contributed by atoms with van der Waals surface area (Å²) in [5, 5.41) is 5.64. The third-order valence-corrected chi connectivity index (χ3v) is 4.28. The highest BCUT2D eigenvalue weighted by Crippen LogP contribution is 2.28. The monoisotopic (exact) mass is 365 g/mol. The summed E-state index contributed by atoms with van der Waals surface area (Å²) < 4.78 is 0. The van der Waals surface area contributed by atoms with Gasteiger partial charge in [-0.2, -0.15) is 0 Å². The van der Waals surface area contributed by atoms with Crippen molar-refractivity contribution in [2.45, 2.75) is 0 Å². The van der Waals surface area contributed by atoms with Crippen LogP contribution in [0.3, 0.4) is 0 Å². The van der Waals surface area contributed by atoms with E-state index in [0.717, 1.165) is 28.0 Å². The molecule has 0 fully saturated rings. The fourth-order valence-electron chi connectivity index (χ4n) is 2.60. The molecule has 1 N–H and O–H groups in total. The molecule has 4 aromatic rings. The molecule has 25 heavy (non-hydrogen) atoms. The van der Waals surface area contributed by atoms with Gasteiger partial charge in [0.2, 0.25) is 0 Å². The zero-order chi connectivity index (χ0) is 17.2. The highest BCUT2D eigenvalue weighted by Gasteiger charge is 2.10. The van der Waals surface area contributed by atoms with E-state index in [4.69, 9.17) is 28.2 Å². The van der Waals surface area contributed by atoms with E-state index in [2.05, 4.69) is 10.3 Å². The van der Waals surface area contributed by atoms with Crippen LogP contribution in [0.4, 0.5) is 11.5 Å². The summed E-state index contributed by atoms with van der Waals surface area (Å²) in [5.74, 6) is 1.37. The number of fused-ring (bicyclic) bond motifs is 1. The van der Waals surface area contributed by atoms with Gasteiger partial charge < -0.3 is 5.32 Å². The van der Waals surface area contributed by atoms with Gasteiger partial charge in [0, 0.05) is 26.7 Å². The lowest BCUT2D eigenvalue weighted by atomic mass is 10.2. The van der Waals surface area contributed by atoms with Gasteiger partial charge >= 0.3 is 0 Å². The Bertz CT molecular complexity index is 1050. The van der Waals surface area contributed by atoms with Crippen molar-refractivity contribution in [3.8, 4) is 11.4 Å². The second-order valence-corrected chi connectivity index (χ2v) is 6.43. The van der Waals surface area contributed by atoms with E-state index in [1.54, 1.807) is 0 Å². The van der Waals surface area contributed by atoms with Crippen molar-refractivity contribution in [1.82, 2.24) is 9.97 Å². The molecule has 122 valence electrons. The molecular formula is C20H13Cl2N3. The van der Waals surface area contributed by atoms with Gasteiger partial charge in [-0.1, -0.05) is 41.4 Å². The first-order valence-electron chi connectivity index (χ1n) is 7.74. The second kappa shape index (κ2) is 6.71. The maximum absolute atomic E-state index is 6.09. The normalized spacial score (nSPS) is 10.8. The molecule has 0 spiro atoms. The van der Waals surface area contributed by atoms with Crippen LogP contribution < -0.4 is 5.32 Å². The Hall–Kier alpha value is -2.62. The third-order valence-electron chi connectivity index (χ3n) is 3.79. The first-order chi connectivity index (χ1) is 12.2. The van der Waals surface area contributed by atoms with Crippen molar-refractivity contribution in [1.29, 1.82) is 0 Å². The van der Waals surface area contributed by atoms with E-state index in [1.165, 1.54) is 0 Å². The predicted octanol–water partition coefficient (Wildman–Crippen LogP) is 6.35. The van der Waals surface area contributed by atoms with Crippen LogP contribution in [0.5, 0.6) is 0 Å². The Morgan fingerprint density at radius 1 is 0.720 bits per heavy atom. The molecule has 0 bridgehead atoms. The zero-order valence-electron chi connectivity index (χ0n) is 13.1. The Morgan fingerprint density at radius 2 is 1.52 bits per heavy atom. The molecule has 4 rings (SSSR count). The number of hydrogen-bond donors (Lipinski definition) is 1. The fraction of sp³-hybridized carbons (Fsp3) is 0. The van der Waals surface area contributed by atoms with Gasteiger partial charge in [-0.25, -0.2) is 9.97 Å². The summed E-state index contributed by atoms with van der Waals surface area (Å²) in [6.45, 7) is 0. The molecule has 1 heterocycles. The number of aromatic nitrogens is 2. The highest BCUT2D eigenvalue weighted by molar-refractivity contribution is 6.31. The number of nitrogens with one attached hydrogen (secondary N) is 1. The van der Waals surface area contributed by atoms with Gasteiger partial charge in [-0.3, -0.25) is 0 Å². The van der Waals surface area contributed by atoms with Crippen LogP contribution in [-0.4, -0.2) is 9.97 Å². The number of nitrogens with zero attached hydrogens (tertiary/aromatic N) is 2. The molecule has 0 amide bonds. The predicted molar refractivity (Wildman–Crippen MR) is 105 cm³/mol. The molecule has 0 aliphatic rings. The molecule has 0 saturated heterocycles. The van der Waals surface area contributed by atoms with Gasteiger partial charge in [-0.05, 0) is 54.6 Å². The second-order valence-electron chi connectivity index (χ2n) is 5.56. The summed E-state index contributed by atoms with van der Waals surface area (Å²) in [5.41, 5.74) is 2.65. The van der Waals surface area contributed by atoms with Crippen molar-refractivity contribution >= 4 is 45.6 Å². The molecular weight excluding hydrogens is 353 g/mol.